The Hall–Kier alpha value is -1.55. The molecular formula is C22H25ClFNS. The third-order valence-electron chi connectivity index (χ3n) is 4.56. The summed E-state index contributed by atoms with van der Waals surface area (Å²) in [5.41, 5.74) is 7.05. The van der Waals surface area contributed by atoms with E-state index in [1.807, 2.05) is 23.9 Å². The summed E-state index contributed by atoms with van der Waals surface area (Å²) >= 11 is 1.91. The van der Waals surface area contributed by atoms with Crippen LogP contribution in [0.4, 0.5) is 4.39 Å². The Balaban J connectivity index is 0.00000243. The fourth-order valence-corrected chi connectivity index (χ4v) is 4.05. The highest BCUT2D eigenvalue weighted by atomic mass is 35.5. The molecule has 138 valence electrons. The van der Waals surface area contributed by atoms with Gasteiger partial charge in [-0.15, -0.1) is 24.2 Å². The van der Waals surface area contributed by atoms with E-state index in [9.17, 15) is 4.39 Å². The van der Waals surface area contributed by atoms with Crippen LogP contribution < -0.4 is 5.73 Å². The summed E-state index contributed by atoms with van der Waals surface area (Å²) in [4.78, 5) is 1.33. The number of fused-ring (bicyclic) bond motifs is 1. The van der Waals surface area contributed by atoms with Crippen LogP contribution in [-0.2, 0) is 0 Å². The molecule has 1 nitrogen and oxygen atoms in total. The van der Waals surface area contributed by atoms with E-state index < -0.39 is 0 Å². The van der Waals surface area contributed by atoms with Crippen LogP contribution in [0.15, 0.2) is 71.6 Å². The van der Waals surface area contributed by atoms with E-state index in [4.69, 9.17) is 5.73 Å². The van der Waals surface area contributed by atoms with Gasteiger partial charge in [-0.2, -0.15) is 0 Å². The molecule has 0 bridgehead atoms. The van der Waals surface area contributed by atoms with E-state index in [2.05, 4.69) is 42.5 Å². The van der Waals surface area contributed by atoms with Crippen molar-refractivity contribution in [3.8, 4) is 0 Å². The predicted molar refractivity (Wildman–Crippen MR) is 114 cm³/mol. The molecule has 0 spiro atoms. The molecule has 0 saturated heterocycles. The minimum absolute atomic E-state index is 0. The van der Waals surface area contributed by atoms with Gasteiger partial charge in [-0.05, 0) is 71.7 Å². The summed E-state index contributed by atoms with van der Waals surface area (Å²) in [6.07, 6.45) is 3.36. The first-order chi connectivity index (χ1) is 12.3. The molecule has 0 aliphatic rings. The zero-order chi connectivity index (χ0) is 17.5. The lowest BCUT2D eigenvalue weighted by molar-refractivity contribution is 0.589. The second-order valence-corrected chi connectivity index (χ2v) is 7.51. The van der Waals surface area contributed by atoms with Gasteiger partial charge in [0.15, 0.2) is 0 Å². The largest absolute Gasteiger partial charge is 0.330 e. The quantitative estimate of drug-likeness (QED) is 0.356. The normalized spacial score (nSPS) is 11.9. The van der Waals surface area contributed by atoms with Crippen molar-refractivity contribution in [2.75, 3.05) is 12.3 Å². The molecule has 0 radical (unpaired) electrons. The van der Waals surface area contributed by atoms with Crippen LogP contribution in [0.5, 0.6) is 0 Å². The molecule has 3 rings (SSSR count). The minimum Gasteiger partial charge on any atom is -0.330 e. The van der Waals surface area contributed by atoms with E-state index in [1.54, 1.807) is 0 Å². The molecule has 0 aliphatic heterocycles. The van der Waals surface area contributed by atoms with Gasteiger partial charge in [0.05, 0.1) is 0 Å². The molecule has 0 heterocycles. The Bertz CT molecular complexity index is 807. The number of thioether (sulfide) groups is 1. The van der Waals surface area contributed by atoms with Gasteiger partial charge in [0.1, 0.15) is 5.82 Å². The summed E-state index contributed by atoms with van der Waals surface area (Å²) in [6.45, 7) is 0.615. The van der Waals surface area contributed by atoms with Crippen LogP contribution in [0.1, 0.15) is 30.7 Å². The number of nitrogens with two attached hydrogens (primary N) is 1. The molecule has 0 aliphatic carbocycles. The Labute approximate surface area is 165 Å². The van der Waals surface area contributed by atoms with Crippen molar-refractivity contribution in [1.29, 1.82) is 0 Å². The van der Waals surface area contributed by atoms with E-state index >= 15 is 0 Å². The average Bonchev–Trinajstić information content (AvgIpc) is 2.65. The average molecular weight is 390 g/mol. The van der Waals surface area contributed by atoms with E-state index in [1.165, 1.54) is 27.8 Å². The highest BCUT2D eigenvalue weighted by Gasteiger charge is 2.09. The van der Waals surface area contributed by atoms with Gasteiger partial charge in [0.25, 0.3) is 0 Å². The molecule has 3 aromatic carbocycles. The number of hydrogen-bond donors (Lipinski definition) is 1. The maximum atomic E-state index is 13.0. The zero-order valence-corrected chi connectivity index (χ0v) is 16.4. The second-order valence-electron chi connectivity index (χ2n) is 6.34. The zero-order valence-electron chi connectivity index (χ0n) is 14.7. The molecule has 0 amide bonds. The van der Waals surface area contributed by atoms with Crippen molar-refractivity contribution in [2.45, 2.75) is 30.1 Å². The molecular weight excluding hydrogens is 365 g/mol. The smallest absolute Gasteiger partial charge is 0.123 e. The first-order valence-corrected chi connectivity index (χ1v) is 9.82. The monoisotopic (exact) mass is 389 g/mol. The Morgan fingerprint density at radius 1 is 0.885 bits per heavy atom. The van der Waals surface area contributed by atoms with Crippen LogP contribution in [-0.4, -0.2) is 12.3 Å². The van der Waals surface area contributed by atoms with Crippen LogP contribution in [0, 0.1) is 5.82 Å². The second kappa shape index (κ2) is 10.6. The summed E-state index contributed by atoms with van der Waals surface area (Å²) in [7, 11) is 0. The molecule has 4 heteroatoms. The number of hydrogen-bond acceptors (Lipinski definition) is 2. The van der Waals surface area contributed by atoms with E-state index in [-0.39, 0.29) is 18.2 Å². The standard InChI is InChI=1S/C22H24FNS.ClH/c23-21-11-8-18(9-12-21)20(16-24)7-3-4-14-25-22-13-10-17-5-1-2-6-19(17)15-22;/h1-2,5-6,8-13,15,20H,3-4,7,14,16,24H2;1H. The number of unbranched alkanes of at least 4 members (excludes halogenated alkanes) is 1. The molecule has 0 fully saturated rings. The number of rotatable bonds is 8. The summed E-state index contributed by atoms with van der Waals surface area (Å²) in [5.74, 6) is 1.25. The maximum Gasteiger partial charge on any atom is 0.123 e. The van der Waals surface area contributed by atoms with Crippen molar-refractivity contribution in [3.63, 3.8) is 0 Å². The van der Waals surface area contributed by atoms with Crippen molar-refractivity contribution >= 4 is 34.9 Å². The highest BCUT2D eigenvalue weighted by molar-refractivity contribution is 7.99. The molecule has 26 heavy (non-hydrogen) atoms. The Kier molecular flexibility index (Phi) is 8.43. The van der Waals surface area contributed by atoms with Crippen molar-refractivity contribution < 1.29 is 4.39 Å². The summed E-state index contributed by atoms with van der Waals surface area (Å²) < 4.78 is 13.0. The maximum absolute atomic E-state index is 13.0. The first-order valence-electron chi connectivity index (χ1n) is 8.83. The van der Waals surface area contributed by atoms with Gasteiger partial charge in [-0.1, -0.05) is 48.9 Å². The molecule has 0 saturated carbocycles. The van der Waals surface area contributed by atoms with Crippen molar-refractivity contribution in [1.82, 2.24) is 0 Å². The van der Waals surface area contributed by atoms with Gasteiger partial charge in [-0.3, -0.25) is 0 Å². The predicted octanol–water partition coefficient (Wildman–Crippen LogP) is 6.41. The third-order valence-corrected chi connectivity index (χ3v) is 5.64. The lowest BCUT2D eigenvalue weighted by atomic mass is 9.94. The Morgan fingerprint density at radius 2 is 1.62 bits per heavy atom. The minimum atomic E-state index is -0.189. The lowest BCUT2D eigenvalue weighted by Gasteiger charge is -2.15. The van der Waals surface area contributed by atoms with Crippen LogP contribution in [0.2, 0.25) is 0 Å². The van der Waals surface area contributed by atoms with Crippen LogP contribution in [0.3, 0.4) is 0 Å². The van der Waals surface area contributed by atoms with Gasteiger partial charge in [0.2, 0.25) is 0 Å². The summed E-state index contributed by atoms with van der Waals surface area (Å²) in [5, 5.41) is 2.59. The fourth-order valence-electron chi connectivity index (χ4n) is 3.10. The summed E-state index contributed by atoms with van der Waals surface area (Å²) in [6, 6.07) is 21.9. The van der Waals surface area contributed by atoms with Crippen LogP contribution in [0.25, 0.3) is 10.8 Å². The highest BCUT2D eigenvalue weighted by Crippen LogP contribution is 2.26. The molecule has 1 atom stereocenters. The van der Waals surface area contributed by atoms with Crippen molar-refractivity contribution in [3.05, 3.63) is 78.1 Å². The number of halogens is 2. The molecule has 3 aromatic rings. The first kappa shape index (κ1) is 20.8. The van der Waals surface area contributed by atoms with Gasteiger partial charge in [-0.25, -0.2) is 4.39 Å². The van der Waals surface area contributed by atoms with E-state index in [0.717, 1.165) is 30.6 Å². The van der Waals surface area contributed by atoms with Gasteiger partial charge in [0, 0.05) is 4.90 Å². The van der Waals surface area contributed by atoms with Crippen LogP contribution >= 0.6 is 24.2 Å². The SMILES string of the molecule is Cl.NCC(CCCCSc1ccc2ccccc2c1)c1ccc(F)cc1. The van der Waals surface area contributed by atoms with E-state index in [0.29, 0.717) is 12.5 Å². The molecule has 1 unspecified atom stereocenters. The molecule has 0 aromatic heterocycles. The topological polar surface area (TPSA) is 26.0 Å². The third kappa shape index (κ3) is 5.73. The number of benzene rings is 3. The van der Waals surface area contributed by atoms with Crippen molar-refractivity contribution in [2.24, 2.45) is 5.73 Å². The Morgan fingerprint density at radius 3 is 2.35 bits per heavy atom. The van der Waals surface area contributed by atoms with Gasteiger partial charge < -0.3 is 5.73 Å². The van der Waals surface area contributed by atoms with Gasteiger partial charge >= 0.3 is 0 Å². The fraction of sp³-hybridized carbons (Fsp3) is 0.273. The lowest BCUT2D eigenvalue weighted by Crippen LogP contribution is -2.12. The molecule has 2 N–H and O–H groups in total.